The number of benzene rings is 2. The molecule has 0 aliphatic heterocycles. The maximum atomic E-state index is 12.3. The number of para-hydroxylation sites is 1. The molecule has 2 aromatic carbocycles. The number of nitrogens with one attached hydrogen (secondary N) is 2. The molecule has 0 saturated carbocycles. The number of hydrogen-bond acceptors (Lipinski definition) is 4. The molecule has 8 heteroatoms. The number of anilines is 1. The van der Waals surface area contributed by atoms with E-state index in [1.807, 2.05) is 0 Å². The van der Waals surface area contributed by atoms with E-state index < -0.39 is 22.5 Å². The predicted octanol–water partition coefficient (Wildman–Crippen LogP) is 2.57. The average molecular weight is 369 g/mol. The second-order valence-electron chi connectivity index (χ2n) is 4.98. The molecule has 128 valence electrons. The van der Waals surface area contributed by atoms with E-state index in [9.17, 15) is 13.2 Å². The third-order valence-electron chi connectivity index (χ3n) is 3.24. The summed E-state index contributed by atoms with van der Waals surface area (Å²) in [6, 6.07) is 11.3. The summed E-state index contributed by atoms with van der Waals surface area (Å²) in [5.74, 6) is 0.0424. The topological polar surface area (TPSA) is 84.5 Å². The Bertz CT molecular complexity index is 853. The van der Waals surface area contributed by atoms with Gasteiger partial charge in [-0.2, -0.15) is 0 Å². The van der Waals surface area contributed by atoms with E-state index in [1.54, 1.807) is 43.3 Å². The number of hydrogen-bond donors (Lipinski definition) is 2. The van der Waals surface area contributed by atoms with Crippen LogP contribution in [-0.2, 0) is 14.8 Å². The van der Waals surface area contributed by atoms with Crippen LogP contribution in [0.5, 0.6) is 5.75 Å². The van der Waals surface area contributed by atoms with Crippen molar-refractivity contribution in [2.24, 2.45) is 0 Å². The second-order valence-corrected chi connectivity index (χ2v) is 7.13. The molecule has 2 aromatic rings. The Kier molecular flexibility index (Phi) is 5.82. The number of sulfonamides is 1. The fourth-order valence-electron chi connectivity index (χ4n) is 2.05. The van der Waals surface area contributed by atoms with E-state index >= 15 is 0 Å². The average Bonchev–Trinajstić information content (AvgIpc) is 2.55. The van der Waals surface area contributed by atoms with Crippen molar-refractivity contribution in [3.63, 3.8) is 0 Å². The largest absolute Gasteiger partial charge is 0.497 e. The Morgan fingerprint density at radius 3 is 2.54 bits per heavy atom. The fourth-order valence-corrected chi connectivity index (χ4v) is 3.44. The lowest BCUT2D eigenvalue weighted by Gasteiger charge is -2.11. The molecule has 0 saturated heterocycles. The van der Waals surface area contributed by atoms with Gasteiger partial charge in [-0.25, -0.2) is 13.1 Å². The number of ether oxygens (including phenoxy) is 1. The monoisotopic (exact) mass is 368 g/mol. The van der Waals surface area contributed by atoms with Gasteiger partial charge in [0.1, 0.15) is 5.75 Å². The van der Waals surface area contributed by atoms with Crippen LogP contribution in [0.1, 0.15) is 5.56 Å². The number of aryl methyl sites for hydroxylation is 1. The van der Waals surface area contributed by atoms with Crippen molar-refractivity contribution < 1.29 is 17.9 Å². The molecule has 1 amide bonds. The first-order valence-corrected chi connectivity index (χ1v) is 8.88. The van der Waals surface area contributed by atoms with E-state index in [-0.39, 0.29) is 4.90 Å². The molecular formula is C16H17ClN2O4S. The summed E-state index contributed by atoms with van der Waals surface area (Å²) >= 11 is 5.94. The van der Waals surface area contributed by atoms with E-state index in [0.29, 0.717) is 22.0 Å². The fraction of sp³-hybridized carbons (Fsp3) is 0.188. The molecule has 0 aliphatic carbocycles. The molecule has 0 radical (unpaired) electrons. The van der Waals surface area contributed by atoms with Crippen LogP contribution in [0.2, 0.25) is 5.02 Å². The van der Waals surface area contributed by atoms with Gasteiger partial charge in [-0.05, 0) is 42.8 Å². The highest BCUT2D eigenvalue weighted by Gasteiger charge is 2.18. The Hall–Kier alpha value is -2.09. The highest BCUT2D eigenvalue weighted by Crippen LogP contribution is 2.21. The Labute approximate surface area is 145 Å². The Balaban J connectivity index is 2.05. The molecule has 0 spiro atoms. The number of carbonyl (C=O) groups excluding carboxylic acids is 1. The van der Waals surface area contributed by atoms with Crippen LogP contribution < -0.4 is 14.8 Å². The third-order valence-corrected chi connectivity index (χ3v) is 5.13. The first kappa shape index (κ1) is 18.3. The van der Waals surface area contributed by atoms with Gasteiger partial charge in [-0.1, -0.05) is 23.7 Å². The highest BCUT2D eigenvalue weighted by atomic mass is 35.5. The number of carbonyl (C=O) groups is 1. The molecule has 0 fully saturated rings. The second kappa shape index (κ2) is 7.65. The molecule has 0 bridgehead atoms. The van der Waals surface area contributed by atoms with E-state index in [4.69, 9.17) is 16.3 Å². The minimum atomic E-state index is -3.81. The van der Waals surface area contributed by atoms with Crippen LogP contribution in [0.4, 0.5) is 5.69 Å². The van der Waals surface area contributed by atoms with Gasteiger partial charge in [-0.15, -0.1) is 0 Å². The molecule has 2 rings (SSSR count). The van der Waals surface area contributed by atoms with E-state index in [2.05, 4.69) is 10.0 Å². The maximum Gasteiger partial charge on any atom is 0.241 e. The normalized spacial score (nSPS) is 11.1. The van der Waals surface area contributed by atoms with Crippen molar-refractivity contribution in [1.82, 2.24) is 4.72 Å². The lowest BCUT2D eigenvalue weighted by Crippen LogP contribution is -2.33. The summed E-state index contributed by atoms with van der Waals surface area (Å²) in [6.07, 6.45) is 0. The summed E-state index contributed by atoms with van der Waals surface area (Å²) in [5, 5.41) is 2.92. The molecule has 2 N–H and O–H groups in total. The standard InChI is InChI=1S/C16H17ClN2O4S/c1-11-9-12(23-2)7-8-15(11)24(21,22)18-10-16(20)19-14-6-4-3-5-13(14)17/h3-9,18H,10H2,1-2H3,(H,19,20). The third kappa shape index (κ3) is 4.47. The van der Waals surface area contributed by atoms with Gasteiger partial charge in [0.15, 0.2) is 0 Å². The Morgan fingerprint density at radius 1 is 1.21 bits per heavy atom. The first-order valence-electron chi connectivity index (χ1n) is 7.02. The summed E-state index contributed by atoms with van der Waals surface area (Å²) in [4.78, 5) is 12.0. The minimum Gasteiger partial charge on any atom is -0.497 e. The number of amides is 1. The lowest BCUT2D eigenvalue weighted by molar-refractivity contribution is -0.115. The van der Waals surface area contributed by atoms with Crippen molar-refractivity contribution >= 4 is 33.2 Å². The molecule has 0 aromatic heterocycles. The molecule has 0 aliphatic rings. The number of rotatable bonds is 6. The van der Waals surface area contributed by atoms with Gasteiger partial charge in [0.25, 0.3) is 0 Å². The minimum absolute atomic E-state index is 0.0915. The van der Waals surface area contributed by atoms with Crippen LogP contribution >= 0.6 is 11.6 Å². The van der Waals surface area contributed by atoms with Crippen LogP contribution in [-0.4, -0.2) is 28.0 Å². The molecule has 0 atom stereocenters. The lowest BCUT2D eigenvalue weighted by atomic mass is 10.2. The first-order chi connectivity index (χ1) is 11.3. The van der Waals surface area contributed by atoms with E-state index in [1.165, 1.54) is 13.2 Å². The molecular weight excluding hydrogens is 352 g/mol. The van der Waals surface area contributed by atoms with Gasteiger partial charge in [0, 0.05) is 0 Å². The predicted molar refractivity (Wildman–Crippen MR) is 93.0 cm³/mol. The summed E-state index contributed by atoms with van der Waals surface area (Å²) in [7, 11) is -2.31. The highest BCUT2D eigenvalue weighted by molar-refractivity contribution is 7.89. The van der Waals surface area contributed by atoms with Crippen LogP contribution in [0.3, 0.4) is 0 Å². The van der Waals surface area contributed by atoms with Gasteiger partial charge >= 0.3 is 0 Å². The van der Waals surface area contributed by atoms with Crippen LogP contribution in [0, 0.1) is 6.92 Å². The Morgan fingerprint density at radius 2 is 1.92 bits per heavy atom. The summed E-state index contributed by atoms with van der Waals surface area (Å²) < 4.78 is 32.0. The molecule has 24 heavy (non-hydrogen) atoms. The number of halogens is 1. The van der Waals surface area contributed by atoms with E-state index in [0.717, 1.165) is 0 Å². The zero-order valence-corrected chi connectivity index (χ0v) is 14.7. The summed E-state index contributed by atoms with van der Waals surface area (Å²) in [5.41, 5.74) is 0.942. The molecule has 0 unspecified atom stereocenters. The van der Waals surface area contributed by atoms with Crippen molar-refractivity contribution in [1.29, 1.82) is 0 Å². The van der Waals surface area contributed by atoms with Gasteiger partial charge in [-0.3, -0.25) is 4.79 Å². The van der Waals surface area contributed by atoms with Gasteiger partial charge < -0.3 is 10.1 Å². The SMILES string of the molecule is COc1ccc(S(=O)(=O)NCC(=O)Nc2ccccc2Cl)c(C)c1. The van der Waals surface area contributed by atoms with Crippen molar-refractivity contribution in [2.75, 3.05) is 19.0 Å². The molecule has 6 nitrogen and oxygen atoms in total. The van der Waals surface area contributed by atoms with Gasteiger partial charge in [0.2, 0.25) is 15.9 Å². The smallest absolute Gasteiger partial charge is 0.241 e. The van der Waals surface area contributed by atoms with Crippen molar-refractivity contribution in [3.8, 4) is 5.75 Å². The zero-order chi connectivity index (χ0) is 17.7. The zero-order valence-electron chi connectivity index (χ0n) is 13.2. The van der Waals surface area contributed by atoms with Crippen molar-refractivity contribution in [3.05, 3.63) is 53.1 Å². The van der Waals surface area contributed by atoms with Crippen molar-refractivity contribution in [2.45, 2.75) is 11.8 Å². The van der Waals surface area contributed by atoms with Crippen LogP contribution in [0.15, 0.2) is 47.4 Å². The quantitative estimate of drug-likeness (QED) is 0.820. The molecule has 0 heterocycles. The van der Waals surface area contributed by atoms with Crippen LogP contribution in [0.25, 0.3) is 0 Å². The maximum absolute atomic E-state index is 12.3. The number of methoxy groups -OCH3 is 1. The summed E-state index contributed by atoms with van der Waals surface area (Å²) in [6.45, 7) is 1.25. The van der Waals surface area contributed by atoms with Gasteiger partial charge in [0.05, 0.1) is 29.3 Å².